The second kappa shape index (κ2) is 9.67. The number of ether oxygens (including phenoxy) is 1. The molecule has 4 nitrogen and oxygen atoms in total. The Bertz CT molecular complexity index is 488. The quantitative estimate of drug-likeness (QED) is 0.823. The van der Waals surface area contributed by atoms with Crippen LogP contribution in [-0.2, 0) is 4.74 Å². The predicted molar refractivity (Wildman–Crippen MR) is 102 cm³/mol. The summed E-state index contributed by atoms with van der Waals surface area (Å²) in [6, 6.07) is 9.98. The van der Waals surface area contributed by atoms with Crippen molar-refractivity contribution in [2.45, 2.75) is 44.8 Å². The van der Waals surface area contributed by atoms with E-state index in [0.29, 0.717) is 6.10 Å². The summed E-state index contributed by atoms with van der Waals surface area (Å²) >= 11 is 0. The van der Waals surface area contributed by atoms with Crippen LogP contribution >= 0.6 is 0 Å². The molecule has 0 aromatic heterocycles. The fourth-order valence-electron chi connectivity index (χ4n) is 4.08. The molecule has 25 heavy (non-hydrogen) atoms. The number of hydrogen-bond acceptors (Lipinski definition) is 4. The molecule has 0 amide bonds. The van der Waals surface area contributed by atoms with Gasteiger partial charge in [0.2, 0.25) is 0 Å². The predicted octanol–water partition coefficient (Wildman–Crippen LogP) is 2.93. The van der Waals surface area contributed by atoms with Gasteiger partial charge >= 0.3 is 0 Å². The number of aliphatic hydroxyl groups is 1. The molecule has 3 rings (SSSR count). The minimum atomic E-state index is -0.385. The van der Waals surface area contributed by atoms with Gasteiger partial charge in [0.05, 0.1) is 18.8 Å². The highest BCUT2D eigenvalue weighted by Gasteiger charge is 2.23. The van der Waals surface area contributed by atoms with Crippen molar-refractivity contribution in [3.63, 3.8) is 0 Å². The second-order valence-corrected chi connectivity index (χ2v) is 7.74. The Balaban J connectivity index is 1.32. The molecule has 1 saturated carbocycles. The summed E-state index contributed by atoms with van der Waals surface area (Å²) in [5.74, 6) is 0.727. The molecule has 2 fully saturated rings. The molecule has 0 bridgehead atoms. The number of piperazine rings is 1. The fourth-order valence-corrected chi connectivity index (χ4v) is 4.08. The van der Waals surface area contributed by atoms with Crippen LogP contribution in [0.15, 0.2) is 30.3 Å². The molecule has 1 aliphatic heterocycles. The lowest BCUT2D eigenvalue weighted by Crippen LogP contribution is -2.48. The standard InChI is InChI=1S/C21H34N2O2/c1-18-7-5-6-10-21(18)25-16-15-22-11-13-23(14-12-22)17-20(24)19-8-3-2-4-9-19/h2-4,8-9,18,20-21,24H,5-7,10-17H2,1H3/t18-,20+,21+/m1/s1. The Morgan fingerprint density at radius 3 is 2.44 bits per heavy atom. The maximum Gasteiger partial charge on any atom is 0.0916 e. The molecule has 1 heterocycles. The Morgan fingerprint density at radius 2 is 1.72 bits per heavy atom. The topological polar surface area (TPSA) is 35.9 Å². The zero-order chi connectivity index (χ0) is 17.5. The van der Waals surface area contributed by atoms with Gasteiger partial charge in [-0.25, -0.2) is 0 Å². The number of rotatable bonds is 7. The average molecular weight is 347 g/mol. The fraction of sp³-hybridized carbons (Fsp3) is 0.714. The highest BCUT2D eigenvalue weighted by atomic mass is 16.5. The molecular formula is C21H34N2O2. The lowest BCUT2D eigenvalue weighted by Gasteiger charge is -2.36. The van der Waals surface area contributed by atoms with Gasteiger partial charge < -0.3 is 9.84 Å². The third kappa shape index (κ3) is 5.78. The third-order valence-electron chi connectivity index (χ3n) is 5.85. The van der Waals surface area contributed by atoms with Crippen molar-refractivity contribution in [3.05, 3.63) is 35.9 Å². The zero-order valence-corrected chi connectivity index (χ0v) is 15.6. The van der Waals surface area contributed by atoms with Crippen molar-refractivity contribution in [2.24, 2.45) is 5.92 Å². The highest BCUT2D eigenvalue weighted by molar-refractivity contribution is 5.17. The van der Waals surface area contributed by atoms with E-state index in [2.05, 4.69) is 16.7 Å². The Labute approximate surface area is 152 Å². The third-order valence-corrected chi connectivity index (χ3v) is 5.85. The maximum absolute atomic E-state index is 10.4. The van der Waals surface area contributed by atoms with E-state index in [4.69, 9.17) is 4.74 Å². The summed E-state index contributed by atoms with van der Waals surface area (Å²) in [5.41, 5.74) is 1.01. The van der Waals surface area contributed by atoms with Crippen LogP contribution in [0.2, 0.25) is 0 Å². The van der Waals surface area contributed by atoms with Crippen LogP contribution in [0.3, 0.4) is 0 Å². The first-order valence-electron chi connectivity index (χ1n) is 10.0. The summed E-state index contributed by atoms with van der Waals surface area (Å²) in [6.45, 7) is 9.18. The van der Waals surface area contributed by atoms with Crippen LogP contribution in [0.5, 0.6) is 0 Å². The number of hydrogen-bond donors (Lipinski definition) is 1. The maximum atomic E-state index is 10.4. The summed E-state index contributed by atoms with van der Waals surface area (Å²) in [5, 5.41) is 10.4. The van der Waals surface area contributed by atoms with Gasteiger partial charge in [-0.15, -0.1) is 0 Å². The molecule has 1 aromatic carbocycles. The summed E-state index contributed by atoms with van der Waals surface area (Å²) in [6.07, 6.45) is 5.37. The molecule has 1 aromatic rings. The first kappa shape index (κ1) is 18.8. The lowest BCUT2D eigenvalue weighted by atomic mass is 9.88. The Hall–Kier alpha value is -0.940. The Morgan fingerprint density at radius 1 is 1.04 bits per heavy atom. The normalized spacial score (nSPS) is 27.3. The van der Waals surface area contributed by atoms with Gasteiger partial charge in [-0.3, -0.25) is 9.80 Å². The van der Waals surface area contributed by atoms with E-state index in [9.17, 15) is 5.11 Å². The van der Waals surface area contributed by atoms with Crippen molar-refractivity contribution in [3.8, 4) is 0 Å². The molecule has 1 aliphatic carbocycles. The van der Waals surface area contributed by atoms with Gasteiger partial charge in [0, 0.05) is 39.3 Å². The Kier molecular flexibility index (Phi) is 7.29. The van der Waals surface area contributed by atoms with Gasteiger partial charge in [-0.05, 0) is 24.3 Å². The van der Waals surface area contributed by atoms with Gasteiger partial charge in [-0.2, -0.15) is 0 Å². The van der Waals surface area contributed by atoms with Gasteiger partial charge in [0.1, 0.15) is 0 Å². The molecule has 1 N–H and O–H groups in total. The molecule has 0 unspecified atom stereocenters. The van der Waals surface area contributed by atoms with Gasteiger partial charge in [0.25, 0.3) is 0 Å². The zero-order valence-electron chi connectivity index (χ0n) is 15.6. The van der Waals surface area contributed by atoms with Crippen LogP contribution < -0.4 is 0 Å². The molecule has 4 heteroatoms. The summed E-state index contributed by atoms with van der Waals surface area (Å²) in [4.78, 5) is 4.87. The molecule has 3 atom stereocenters. The van der Waals surface area contributed by atoms with Crippen LogP contribution in [0, 0.1) is 5.92 Å². The van der Waals surface area contributed by atoms with E-state index in [1.54, 1.807) is 0 Å². The molecule has 0 spiro atoms. The number of benzene rings is 1. The second-order valence-electron chi connectivity index (χ2n) is 7.74. The lowest BCUT2D eigenvalue weighted by molar-refractivity contribution is -0.0194. The molecule has 140 valence electrons. The average Bonchev–Trinajstić information content (AvgIpc) is 2.65. The molecule has 0 radical (unpaired) electrons. The number of nitrogens with zero attached hydrogens (tertiary/aromatic N) is 2. The van der Waals surface area contributed by atoms with Crippen molar-refractivity contribution in [1.29, 1.82) is 0 Å². The summed E-state index contributed by atoms with van der Waals surface area (Å²) < 4.78 is 6.15. The van der Waals surface area contributed by atoms with Crippen LogP contribution in [0.4, 0.5) is 0 Å². The van der Waals surface area contributed by atoms with Crippen molar-refractivity contribution < 1.29 is 9.84 Å². The van der Waals surface area contributed by atoms with Crippen LogP contribution in [0.1, 0.15) is 44.3 Å². The summed E-state index contributed by atoms with van der Waals surface area (Å²) in [7, 11) is 0. The number of β-amino-alcohol motifs (C(OH)–C–C–N with tert-alkyl or cyclic N) is 1. The first-order valence-corrected chi connectivity index (χ1v) is 10.0. The van der Waals surface area contributed by atoms with Crippen molar-refractivity contribution >= 4 is 0 Å². The van der Waals surface area contributed by atoms with E-state index in [-0.39, 0.29) is 6.10 Å². The molecular weight excluding hydrogens is 312 g/mol. The van der Waals surface area contributed by atoms with Crippen LogP contribution in [-0.4, -0.2) is 66.9 Å². The SMILES string of the molecule is C[C@@H]1CCCC[C@@H]1OCCN1CCN(C[C@H](O)c2ccccc2)CC1. The van der Waals surface area contributed by atoms with Crippen molar-refractivity contribution in [2.75, 3.05) is 45.9 Å². The molecule has 2 aliphatic rings. The largest absolute Gasteiger partial charge is 0.387 e. The van der Waals surface area contributed by atoms with Crippen molar-refractivity contribution in [1.82, 2.24) is 9.80 Å². The monoisotopic (exact) mass is 346 g/mol. The molecule has 1 saturated heterocycles. The van der Waals surface area contributed by atoms with Crippen LogP contribution in [0.25, 0.3) is 0 Å². The van der Waals surface area contributed by atoms with Gasteiger partial charge in [-0.1, -0.05) is 50.1 Å². The highest BCUT2D eigenvalue weighted by Crippen LogP contribution is 2.26. The van der Waals surface area contributed by atoms with E-state index in [1.165, 1.54) is 25.7 Å². The minimum Gasteiger partial charge on any atom is -0.387 e. The van der Waals surface area contributed by atoms with E-state index in [1.807, 2.05) is 30.3 Å². The minimum absolute atomic E-state index is 0.385. The number of aliphatic hydroxyl groups excluding tert-OH is 1. The van der Waals surface area contributed by atoms with E-state index >= 15 is 0 Å². The van der Waals surface area contributed by atoms with Gasteiger partial charge in [0.15, 0.2) is 0 Å². The van der Waals surface area contributed by atoms with E-state index < -0.39 is 0 Å². The van der Waals surface area contributed by atoms with E-state index in [0.717, 1.165) is 57.4 Å². The smallest absolute Gasteiger partial charge is 0.0916 e. The first-order chi connectivity index (χ1) is 12.2.